The summed E-state index contributed by atoms with van der Waals surface area (Å²) in [6.07, 6.45) is 2.81. The third-order valence-electron chi connectivity index (χ3n) is 3.08. The standard InChI is InChI=1S/C13H17N3O4S/c1-3-4-5-21(19,20)15-9-6-10(13(17)18)12-11(7-9)14-8-16(12)2/h6-8,15H,3-5H2,1-2H3,(H,17,18). The zero-order valence-electron chi connectivity index (χ0n) is 11.8. The number of unbranched alkanes of at least 4 members (excludes halogenated alkanes) is 1. The zero-order chi connectivity index (χ0) is 15.6. The Morgan fingerprint density at radius 3 is 2.76 bits per heavy atom. The summed E-state index contributed by atoms with van der Waals surface area (Å²) in [5, 5.41) is 9.27. The highest BCUT2D eigenvalue weighted by molar-refractivity contribution is 7.92. The summed E-state index contributed by atoms with van der Waals surface area (Å²) in [4.78, 5) is 15.4. The Morgan fingerprint density at radius 2 is 2.14 bits per heavy atom. The first-order valence-electron chi connectivity index (χ1n) is 6.53. The van der Waals surface area contributed by atoms with Crippen molar-refractivity contribution in [2.45, 2.75) is 19.8 Å². The van der Waals surface area contributed by atoms with Gasteiger partial charge in [0.1, 0.15) is 0 Å². The molecule has 1 heterocycles. The molecule has 0 amide bonds. The smallest absolute Gasteiger partial charge is 0.337 e. The summed E-state index contributed by atoms with van der Waals surface area (Å²) in [6, 6.07) is 2.85. The highest BCUT2D eigenvalue weighted by Gasteiger charge is 2.17. The van der Waals surface area contributed by atoms with Crippen LogP contribution in [0.25, 0.3) is 11.0 Å². The van der Waals surface area contributed by atoms with Crippen molar-refractivity contribution in [3.05, 3.63) is 24.0 Å². The fourth-order valence-corrected chi connectivity index (χ4v) is 3.33. The second-order valence-corrected chi connectivity index (χ2v) is 6.67. The molecule has 7 nitrogen and oxygen atoms in total. The van der Waals surface area contributed by atoms with E-state index in [1.807, 2.05) is 6.92 Å². The summed E-state index contributed by atoms with van der Waals surface area (Å²) >= 11 is 0. The lowest BCUT2D eigenvalue weighted by molar-refractivity contribution is 0.0698. The average Bonchev–Trinajstić information content (AvgIpc) is 2.76. The number of carboxylic acids is 1. The molecule has 0 atom stereocenters. The lowest BCUT2D eigenvalue weighted by atomic mass is 10.1. The number of nitrogens with one attached hydrogen (secondary N) is 1. The van der Waals surface area contributed by atoms with Gasteiger partial charge in [0.2, 0.25) is 10.0 Å². The largest absolute Gasteiger partial charge is 0.478 e. The van der Waals surface area contributed by atoms with E-state index >= 15 is 0 Å². The SMILES string of the molecule is CCCCS(=O)(=O)Nc1cc(C(=O)O)c2c(c1)ncn2C. The van der Waals surface area contributed by atoms with E-state index in [9.17, 15) is 18.3 Å². The first-order chi connectivity index (χ1) is 9.84. The summed E-state index contributed by atoms with van der Waals surface area (Å²) in [5.41, 5.74) is 1.12. The van der Waals surface area contributed by atoms with Crippen molar-refractivity contribution in [3.63, 3.8) is 0 Å². The number of carbonyl (C=O) groups is 1. The number of hydrogen-bond donors (Lipinski definition) is 2. The van der Waals surface area contributed by atoms with Gasteiger partial charge < -0.3 is 9.67 Å². The Labute approximate surface area is 122 Å². The molecule has 2 N–H and O–H groups in total. The van der Waals surface area contributed by atoms with Gasteiger partial charge in [-0.2, -0.15) is 0 Å². The molecule has 8 heteroatoms. The molecular weight excluding hydrogens is 294 g/mol. The molecule has 0 saturated carbocycles. The predicted molar refractivity (Wildman–Crippen MR) is 80.0 cm³/mol. The number of hydrogen-bond acceptors (Lipinski definition) is 4. The number of nitrogens with zero attached hydrogens (tertiary/aromatic N) is 2. The molecule has 0 fully saturated rings. The molecular formula is C13H17N3O4S. The minimum atomic E-state index is -3.48. The molecule has 0 unspecified atom stereocenters. The quantitative estimate of drug-likeness (QED) is 0.847. The zero-order valence-corrected chi connectivity index (χ0v) is 12.6. The van der Waals surface area contributed by atoms with E-state index in [0.717, 1.165) is 6.42 Å². The molecule has 114 valence electrons. The molecule has 21 heavy (non-hydrogen) atoms. The normalized spacial score (nSPS) is 11.7. The maximum absolute atomic E-state index is 11.9. The highest BCUT2D eigenvalue weighted by Crippen LogP contribution is 2.23. The molecule has 1 aromatic heterocycles. The predicted octanol–water partition coefficient (Wildman–Crippen LogP) is 1.81. The third kappa shape index (κ3) is 3.33. The second kappa shape index (κ2) is 5.72. The fourth-order valence-electron chi connectivity index (χ4n) is 2.08. The van der Waals surface area contributed by atoms with Gasteiger partial charge in [-0.1, -0.05) is 13.3 Å². The van der Waals surface area contributed by atoms with Crippen molar-refractivity contribution in [2.75, 3.05) is 10.5 Å². The molecule has 0 saturated heterocycles. The van der Waals surface area contributed by atoms with Crippen LogP contribution in [0.4, 0.5) is 5.69 Å². The van der Waals surface area contributed by atoms with Crippen LogP contribution in [0, 0.1) is 0 Å². The maximum atomic E-state index is 11.9. The van der Waals surface area contributed by atoms with Gasteiger partial charge in [0.25, 0.3) is 0 Å². The first-order valence-corrected chi connectivity index (χ1v) is 8.18. The van der Waals surface area contributed by atoms with E-state index in [2.05, 4.69) is 9.71 Å². The Balaban J connectivity index is 2.44. The van der Waals surface area contributed by atoms with Crippen LogP contribution < -0.4 is 4.72 Å². The highest BCUT2D eigenvalue weighted by atomic mass is 32.2. The van der Waals surface area contributed by atoms with Gasteiger partial charge in [-0.3, -0.25) is 4.72 Å². The van der Waals surface area contributed by atoms with Crippen LogP contribution in [0.15, 0.2) is 18.5 Å². The topological polar surface area (TPSA) is 101 Å². The van der Waals surface area contributed by atoms with Gasteiger partial charge in [-0.25, -0.2) is 18.2 Å². The summed E-state index contributed by atoms with van der Waals surface area (Å²) < 4.78 is 27.8. The number of sulfonamides is 1. The summed E-state index contributed by atoms with van der Waals surface area (Å²) in [5.74, 6) is -1.12. The van der Waals surface area contributed by atoms with Gasteiger partial charge in [-0.05, 0) is 18.6 Å². The molecule has 0 aliphatic rings. The number of carboxylic acid groups (broad SMARTS) is 1. The monoisotopic (exact) mass is 311 g/mol. The number of benzene rings is 1. The second-order valence-electron chi connectivity index (χ2n) is 4.83. The van der Waals surface area contributed by atoms with Crippen molar-refractivity contribution >= 4 is 32.7 Å². The van der Waals surface area contributed by atoms with Crippen molar-refractivity contribution in [1.82, 2.24) is 9.55 Å². The number of anilines is 1. The molecule has 0 radical (unpaired) electrons. The summed E-state index contributed by atoms with van der Waals surface area (Å²) in [6.45, 7) is 1.90. The van der Waals surface area contributed by atoms with Gasteiger partial charge in [-0.15, -0.1) is 0 Å². The number of aromatic nitrogens is 2. The van der Waals surface area contributed by atoms with Gasteiger partial charge in [0.05, 0.1) is 34.4 Å². The van der Waals surface area contributed by atoms with Crippen LogP contribution in [0.5, 0.6) is 0 Å². The lowest BCUT2D eigenvalue weighted by Crippen LogP contribution is -2.17. The first kappa shape index (κ1) is 15.3. The third-order valence-corrected chi connectivity index (χ3v) is 4.46. The molecule has 0 bridgehead atoms. The molecule has 2 aromatic rings. The maximum Gasteiger partial charge on any atom is 0.337 e. The Bertz CT molecular complexity index is 780. The van der Waals surface area contributed by atoms with Gasteiger partial charge in [0.15, 0.2) is 0 Å². The van der Waals surface area contributed by atoms with E-state index in [1.165, 1.54) is 18.5 Å². The van der Waals surface area contributed by atoms with Crippen molar-refractivity contribution in [3.8, 4) is 0 Å². The molecule has 0 spiro atoms. The van der Waals surface area contributed by atoms with Crippen molar-refractivity contribution < 1.29 is 18.3 Å². The van der Waals surface area contributed by atoms with E-state index in [-0.39, 0.29) is 17.0 Å². The number of aromatic carboxylic acids is 1. The molecule has 0 aliphatic carbocycles. The Hall–Kier alpha value is -2.09. The lowest BCUT2D eigenvalue weighted by Gasteiger charge is -2.09. The Kier molecular flexibility index (Phi) is 4.17. The number of aryl methyl sites for hydroxylation is 1. The van der Waals surface area contributed by atoms with Crippen LogP contribution in [0.3, 0.4) is 0 Å². The number of rotatable bonds is 6. The molecule has 0 aliphatic heterocycles. The van der Waals surface area contributed by atoms with E-state index in [4.69, 9.17) is 0 Å². The Morgan fingerprint density at radius 1 is 1.43 bits per heavy atom. The van der Waals surface area contributed by atoms with Crippen LogP contribution >= 0.6 is 0 Å². The van der Waals surface area contributed by atoms with Gasteiger partial charge >= 0.3 is 5.97 Å². The van der Waals surface area contributed by atoms with E-state index in [1.54, 1.807) is 11.6 Å². The van der Waals surface area contributed by atoms with Crippen molar-refractivity contribution in [1.29, 1.82) is 0 Å². The molecule has 2 rings (SSSR count). The van der Waals surface area contributed by atoms with E-state index in [0.29, 0.717) is 17.5 Å². The minimum absolute atomic E-state index is 0.00611. The van der Waals surface area contributed by atoms with Crippen LogP contribution in [-0.4, -0.2) is 34.8 Å². The average molecular weight is 311 g/mol. The number of fused-ring (bicyclic) bond motifs is 1. The number of imidazole rings is 1. The van der Waals surface area contributed by atoms with Crippen LogP contribution in [0.1, 0.15) is 30.1 Å². The minimum Gasteiger partial charge on any atom is -0.478 e. The molecule has 1 aromatic carbocycles. The van der Waals surface area contributed by atoms with Crippen LogP contribution in [-0.2, 0) is 17.1 Å². The fraction of sp³-hybridized carbons (Fsp3) is 0.385. The van der Waals surface area contributed by atoms with Gasteiger partial charge in [0, 0.05) is 7.05 Å². The van der Waals surface area contributed by atoms with Crippen molar-refractivity contribution in [2.24, 2.45) is 7.05 Å². The summed E-state index contributed by atoms with van der Waals surface area (Å²) in [7, 11) is -1.79. The van der Waals surface area contributed by atoms with Crippen LogP contribution in [0.2, 0.25) is 0 Å². The van der Waals surface area contributed by atoms with E-state index < -0.39 is 16.0 Å².